The first-order valence-corrected chi connectivity index (χ1v) is 15.4. The van der Waals surface area contributed by atoms with E-state index in [0.29, 0.717) is 17.5 Å². The minimum atomic E-state index is 0.597. The third-order valence-electron chi connectivity index (χ3n) is 8.34. The summed E-state index contributed by atoms with van der Waals surface area (Å²) in [4.78, 5) is 24.7. The summed E-state index contributed by atoms with van der Waals surface area (Å²) in [7, 11) is 0. The van der Waals surface area contributed by atoms with Crippen molar-refractivity contribution in [3.8, 4) is 56.8 Å². The molecule has 6 heteroatoms. The van der Waals surface area contributed by atoms with E-state index < -0.39 is 0 Å². The molecule has 220 valence electrons. The number of para-hydroxylation sites is 2. The smallest absolute Gasteiger partial charge is 0.164 e. The highest BCUT2D eigenvalue weighted by atomic mass is 16.3. The van der Waals surface area contributed by atoms with Crippen molar-refractivity contribution in [1.29, 1.82) is 0 Å². The van der Waals surface area contributed by atoms with Gasteiger partial charge in [0.1, 0.15) is 11.3 Å². The fraction of sp³-hybridized carbons (Fsp3) is 0. The second-order valence-electron chi connectivity index (χ2n) is 11.3. The molecule has 47 heavy (non-hydrogen) atoms. The zero-order valence-electron chi connectivity index (χ0n) is 25.1. The largest absolute Gasteiger partial charge is 0.454 e. The molecule has 9 rings (SSSR count). The van der Waals surface area contributed by atoms with Crippen LogP contribution in [0.3, 0.4) is 0 Å². The highest BCUT2D eigenvalue weighted by Crippen LogP contribution is 2.38. The lowest BCUT2D eigenvalue weighted by atomic mass is 10.0. The number of nitrogens with zero attached hydrogens (tertiary/aromatic N) is 5. The molecule has 0 amide bonds. The van der Waals surface area contributed by atoms with E-state index in [2.05, 4.69) is 36.4 Å². The summed E-state index contributed by atoms with van der Waals surface area (Å²) in [6.45, 7) is 0. The van der Waals surface area contributed by atoms with E-state index in [-0.39, 0.29) is 0 Å². The average Bonchev–Trinajstić information content (AvgIpc) is 3.53. The van der Waals surface area contributed by atoms with Gasteiger partial charge in [0.25, 0.3) is 0 Å². The van der Waals surface area contributed by atoms with Crippen LogP contribution in [0.5, 0.6) is 0 Å². The van der Waals surface area contributed by atoms with Gasteiger partial charge >= 0.3 is 0 Å². The second-order valence-corrected chi connectivity index (χ2v) is 11.3. The molecule has 0 aliphatic rings. The van der Waals surface area contributed by atoms with Gasteiger partial charge in [-0.2, -0.15) is 0 Å². The monoisotopic (exact) mass is 603 g/mol. The molecular weight excluding hydrogens is 578 g/mol. The second kappa shape index (κ2) is 11.1. The number of pyridine rings is 2. The molecule has 9 aromatic rings. The van der Waals surface area contributed by atoms with Crippen LogP contribution in [-0.2, 0) is 0 Å². The van der Waals surface area contributed by atoms with Gasteiger partial charge in [-0.3, -0.25) is 0 Å². The number of benzene rings is 5. The summed E-state index contributed by atoms with van der Waals surface area (Å²) in [5.41, 5.74) is 8.48. The molecule has 0 atom stereocenters. The fourth-order valence-electron chi connectivity index (χ4n) is 5.98. The summed E-state index contributed by atoms with van der Waals surface area (Å²) >= 11 is 0. The molecule has 0 spiro atoms. The molecule has 0 unspecified atom stereocenters. The van der Waals surface area contributed by atoms with Crippen molar-refractivity contribution in [3.63, 3.8) is 0 Å². The van der Waals surface area contributed by atoms with E-state index in [1.165, 1.54) is 0 Å². The van der Waals surface area contributed by atoms with Crippen molar-refractivity contribution < 1.29 is 4.42 Å². The first-order valence-electron chi connectivity index (χ1n) is 15.4. The number of fused-ring (bicyclic) bond motifs is 4. The Balaban J connectivity index is 1.19. The van der Waals surface area contributed by atoms with Gasteiger partial charge in [-0.1, -0.05) is 127 Å². The number of rotatable bonds is 5. The summed E-state index contributed by atoms with van der Waals surface area (Å²) < 4.78 is 6.43. The summed E-state index contributed by atoms with van der Waals surface area (Å²) in [6.07, 6.45) is 0. The lowest BCUT2D eigenvalue weighted by Gasteiger charge is -2.10. The van der Waals surface area contributed by atoms with Crippen molar-refractivity contribution in [3.05, 3.63) is 152 Å². The quantitative estimate of drug-likeness (QED) is 0.195. The Bertz CT molecular complexity index is 2500. The van der Waals surface area contributed by atoms with Crippen LogP contribution in [0.25, 0.3) is 89.7 Å². The molecule has 0 aliphatic heterocycles. The lowest BCUT2D eigenvalue weighted by Crippen LogP contribution is -2.00. The Morgan fingerprint density at radius 1 is 0.383 bits per heavy atom. The van der Waals surface area contributed by atoms with Gasteiger partial charge in [0.05, 0.1) is 16.9 Å². The molecule has 0 bridgehead atoms. The van der Waals surface area contributed by atoms with Crippen molar-refractivity contribution in [2.75, 3.05) is 0 Å². The molecule has 0 radical (unpaired) electrons. The zero-order valence-corrected chi connectivity index (χ0v) is 25.1. The molecule has 6 nitrogen and oxygen atoms in total. The van der Waals surface area contributed by atoms with Crippen molar-refractivity contribution in [2.24, 2.45) is 0 Å². The van der Waals surface area contributed by atoms with E-state index >= 15 is 0 Å². The van der Waals surface area contributed by atoms with Crippen LogP contribution in [0, 0.1) is 0 Å². The Hall–Kier alpha value is -6.53. The van der Waals surface area contributed by atoms with Crippen LogP contribution in [0.1, 0.15) is 0 Å². The van der Waals surface area contributed by atoms with Crippen LogP contribution < -0.4 is 0 Å². The van der Waals surface area contributed by atoms with Crippen molar-refractivity contribution in [2.45, 2.75) is 0 Å². The zero-order chi connectivity index (χ0) is 31.2. The maximum atomic E-state index is 6.43. The van der Waals surface area contributed by atoms with Crippen LogP contribution in [0.2, 0.25) is 0 Å². The molecule has 5 aromatic carbocycles. The fourth-order valence-corrected chi connectivity index (χ4v) is 5.98. The Morgan fingerprint density at radius 3 is 1.66 bits per heavy atom. The standard InChI is InChI=1S/C41H25N5O/c1-3-12-28(13-4-1)39-44-40(29-14-5-2-6-15-29)46-41(45-39)30-21-19-27(20-22-30)37-38-32(31-16-8-10-18-36(31)47-38)25-35(43-37)34-24-23-26-11-7-9-17-33(26)42-34/h1-25H. The molecule has 0 aliphatic carbocycles. The summed E-state index contributed by atoms with van der Waals surface area (Å²) in [5, 5.41) is 3.13. The van der Waals surface area contributed by atoms with Gasteiger partial charge in [-0.05, 0) is 24.3 Å². The molecule has 4 aromatic heterocycles. The van der Waals surface area contributed by atoms with E-state index in [9.17, 15) is 0 Å². The minimum absolute atomic E-state index is 0.597. The SMILES string of the molecule is c1ccc(-c2nc(-c3ccccc3)nc(-c3ccc(-c4nc(-c5ccc6ccccc6n5)cc5c4oc4ccccc45)cc3)n2)cc1. The van der Waals surface area contributed by atoms with Gasteiger partial charge in [0, 0.05) is 38.4 Å². The maximum Gasteiger partial charge on any atom is 0.164 e. The predicted octanol–water partition coefficient (Wildman–Crippen LogP) is 10.0. The average molecular weight is 604 g/mol. The van der Waals surface area contributed by atoms with E-state index in [4.69, 9.17) is 29.3 Å². The Kier molecular flexibility index (Phi) is 6.35. The van der Waals surface area contributed by atoms with Gasteiger partial charge in [0.15, 0.2) is 23.1 Å². The number of hydrogen-bond acceptors (Lipinski definition) is 6. The van der Waals surface area contributed by atoms with Crippen LogP contribution >= 0.6 is 0 Å². The molecule has 0 saturated heterocycles. The molecule has 4 heterocycles. The summed E-state index contributed by atoms with van der Waals surface area (Å²) in [5.74, 6) is 1.85. The van der Waals surface area contributed by atoms with Crippen molar-refractivity contribution >= 4 is 32.8 Å². The third-order valence-corrected chi connectivity index (χ3v) is 8.34. The van der Waals surface area contributed by atoms with Gasteiger partial charge in [-0.25, -0.2) is 24.9 Å². The van der Waals surface area contributed by atoms with E-state index in [0.717, 1.165) is 72.2 Å². The van der Waals surface area contributed by atoms with E-state index in [1.807, 2.05) is 115 Å². The molecular formula is C41H25N5O. The van der Waals surface area contributed by atoms with Gasteiger partial charge in [-0.15, -0.1) is 0 Å². The third kappa shape index (κ3) is 4.89. The molecule has 0 saturated carbocycles. The lowest BCUT2D eigenvalue weighted by molar-refractivity contribution is 0.668. The minimum Gasteiger partial charge on any atom is -0.454 e. The first kappa shape index (κ1) is 26.8. The number of furan rings is 1. The van der Waals surface area contributed by atoms with Crippen molar-refractivity contribution in [1.82, 2.24) is 24.9 Å². The van der Waals surface area contributed by atoms with Gasteiger partial charge in [0.2, 0.25) is 0 Å². The number of aromatic nitrogens is 5. The number of hydrogen-bond donors (Lipinski definition) is 0. The highest BCUT2D eigenvalue weighted by molar-refractivity contribution is 6.10. The Morgan fingerprint density at radius 2 is 0.957 bits per heavy atom. The first-order chi connectivity index (χ1) is 23.3. The summed E-state index contributed by atoms with van der Waals surface area (Å²) in [6, 6.07) is 50.6. The maximum absolute atomic E-state index is 6.43. The molecule has 0 fully saturated rings. The van der Waals surface area contributed by atoms with E-state index in [1.54, 1.807) is 0 Å². The normalized spacial score (nSPS) is 11.4. The highest BCUT2D eigenvalue weighted by Gasteiger charge is 2.18. The van der Waals surface area contributed by atoms with Crippen LogP contribution in [-0.4, -0.2) is 24.9 Å². The Labute approximate surface area is 270 Å². The van der Waals surface area contributed by atoms with Crippen LogP contribution in [0.4, 0.5) is 0 Å². The van der Waals surface area contributed by atoms with Crippen LogP contribution in [0.15, 0.2) is 156 Å². The molecule has 0 N–H and O–H groups in total. The predicted molar refractivity (Wildman–Crippen MR) is 187 cm³/mol. The topological polar surface area (TPSA) is 77.6 Å². The van der Waals surface area contributed by atoms with Gasteiger partial charge < -0.3 is 4.42 Å².